The van der Waals surface area contributed by atoms with Gasteiger partial charge in [-0.3, -0.25) is 9.59 Å². The van der Waals surface area contributed by atoms with E-state index in [0.29, 0.717) is 11.5 Å². The number of carbonyl (C=O) groups excluding carboxylic acids is 2. The Hall–Kier alpha value is -1.91. The Morgan fingerprint density at radius 2 is 1.88 bits per heavy atom. The molecule has 0 aliphatic heterocycles. The molecule has 5 heteroatoms. The third kappa shape index (κ3) is 2.70. The van der Waals surface area contributed by atoms with Crippen LogP contribution in [0.1, 0.15) is 50.4 Å². The van der Waals surface area contributed by atoms with Gasteiger partial charge in [0.1, 0.15) is 5.82 Å². The van der Waals surface area contributed by atoms with Crippen molar-refractivity contribution in [2.75, 3.05) is 6.54 Å². The van der Waals surface area contributed by atoms with Crippen LogP contribution in [0.4, 0.5) is 4.39 Å². The van der Waals surface area contributed by atoms with Crippen LogP contribution in [0, 0.1) is 22.6 Å². The smallest absolute Gasteiger partial charge is 0.251 e. The number of amides is 2. The van der Waals surface area contributed by atoms with Gasteiger partial charge in [-0.05, 0) is 60.3 Å². The van der Waals surface area contributed by atoms with Crippen molar-refractivity contribution in [2.45, 2.75) is 46.1 Å². The van der Waals surface area contributed by atoms with Gasteiger partial charge in [-0.2, -0.15) is 0 Å². The van der Waals surface area contributed by atoms with Crippen molar-refractivity contribution in [2.24, 2.45) is 16.7 Å². The van der Waals surface area contributed by atoms with Crippen LogP contribution in [0.15, 0.2) is 24.3 Å². The summed E-state index contributed by atoms with van der Waals surface area (Å²) in [6, 6.07) is 5.44. The molecule has 2 aliphatic carbocycles. The molecule has 2 saturated carbocycles. The lowest BCUT2D eigenvalue weighted by atomic mass is 9.69. The van der Waals surface area contributed by atoms with Gasteiger partial charge in [0.05, 0.1) is 6.54 Å². The molecule has 2 amide bonds. The molecule has 4 nitrogen and oxygen atoms in total. The minimum Gasteiger partial charge on any atom is -0.351 e. The largest absolute Gasteiger partial charge is 0.351 e. The average Bonchev–Trinajstić information content (AvgIpc) is 2.86. The standard InChI is InChI=1S/C19H25FN2O2/c1-18(2)13-8-9-19(18,3)15(10-13)22-16(23)11-21-17(24)12-4-6-14(20)7-5-12/h4-7,13,15H,8-11H2,1-3H3,(H,21,24)(H,22,23). The van der Waals surface area contributed by atoms with Crippen molar-refractivity contribution in [3.63, 3.8) is 0 Å². The summed E-state index contributed by atoms with van der Waals surface area (Å²) in [6.45, 7) is 6.80. The topological polar surface area (TPSA) is 58.2 Å². The molecule has 2 bridgehead atoms. The van der Waals surface area contributed by atoms with Gasteiger partial charge in [-0.25, -0.2) is 4.39 Å². The van der Waals surface area contributed by atoms with E-state index in [9.17, 15) is 14.0 Å². The van der Waals surface area contributed by atoms with E-state index in [0.717, 1.165) is 12.8 Å². The zero-order chi connectivity index (χ0) is 17.5. The lowest BCUT2D eigenvalue weighted by Gasteiger charge is -2.39. The minimum atomic E-state index is -0.392. The van der Waals surface area contributed by atoms with Crippen LogP contribution in [-0.2, 0) is 4.79 Å². The predicted molar refractivity (Wildman–Crippen MR) is 89.9 cm³/mol. The first-order valence-electron chi connectivity index (χ1n) is 8.57. The first kappa shape index (κ1) is 16.9. The Kier molecular flexibility index (Phi) is 4.14. The number of benzene rings is 1. The normalized spacial score (nSPS) is 30.2. The van der Waals surface area contributed by atoms with E-state index in [1.54, 1.807) is 0 Å². The fraction of sp³-hybridized carbons (Fsp3) is 0.579. The Morgan fingerprint density at radius 3 is 2.42 bits per heavy atom. The van der Waals surface area contributed by atoms with Gasteiger partial charge in [-0.1, -0.05) is 20.8 Å². The van der Waals surface area contributed by atoms with Crippen molar-refractivity contribution in [3.8, 4) is 0 Å². The molecular formula is C19H25FN2O2. The van der Waals surface area contributed by atoms with Crippen molar-refractivity contribution in [1.29, 1.82) is 0 Å². The van der Waals surface area contributed by atoms with Crippen molar-refractivity contribution in [3.05, 3.63) is 35.6 Å². The quantitative estimate of drug-likeness (QED) is 0.891. The third-order valence-corrected chi connectivity index (χ3v) is 6.65. The molecule has 3 atom stereocenters. The van der Waals surface area contributed by atoms with Crippen LogP contribution in [0.25, 0.3) is 0 Å². The number of carbonyl (C=O) groups is 2. The van der Waals surface area contributed by atoms with Gasteiger partial charge >= 0.3 is 0 Å². The van der Waals surface area contributed by atoms with E-state index in [-0.39, 0.29) is 35.2 Å². The van der Waals surface area contributed by atoms with E-state index in [2.05, 4.69) is 31.4 Å². The highest BCUT2D eigenvalue weighted by Gasteiger charge is 2.61. The summed E-state index contributed by atoms with van der Waals surface area (Å²) in [4.78, 5) is 24.2. The minimum absolute atomic E-state index is 0.0616. The molecule has 3 unspecified atom stereocenters. The molecule has 1 aromatic carbocycles. The maximum atomic E-state index is 12.9. The van der Waals surface area contributed by atoms with Gasteiger partial charge in [0.2, 0.25) is 5.91 Å². The number of hydrogen-bond donors (Lipinski definition) is 2. The average molecular weight is 332 g/mol. The van der Waals surface area contributed by atoms with Gasteiger partial charge in [0, 0.05) is 11.6 Å². The van der Waals surface area contributed by atoms with E-state index < -0.39 is 5.82 Å². The molecule has 1 aromatic rings. The van der Waals surface area contributed by atoms with Gasteiger partial charge in [-0.15, -0.1) is 0 Å². The number of rotatable bonds is 4. The predicted octanol–water partition coefficient (Wildman–Crippen LogP) is 2.89. The second-order valence-electron chi connectivity index (χ2n) is 7.92. The van der Waals surface area contributed by atoms with Crippen molar-refractivity contribution in [1.82, 2.24) is 10.6 Å². The summed E-state index contributed by atoms with van der Waals surface area (Å²) in [7, 11) is 0. The highest BCUT2D eigenvalue weighted by Crippen LogP contribution is 2.65. The van der Waals surface area contributed by atoms with Crippen LogP contribution >= 0.6 is 0 Å². The van der Waals surface area contributed by atoms with E-state index in [1.807, 2.05) is 0 Å². The molecule has 3 rings (SSSR count). The number of halogens is 1. The van der Waals surface area contributed by atoms with Crippen LogP contribution in [0.2, 0.25) is 0 Å². The third-order valence-electron chi connectivity index (χ3n) is 6.65. The second kappa shape index (κ2) is 5.87. The van der Waals surface area contributed by atoms with Gasteiger partial charge in [0.15, 0.2) is 0 Å². The van der Waals surface area contributed by atoms with Gasteiger partial charge < -0.3 is 10.6 Å². The summed E-state index contributed by atoms with van der Waals surface area (Å²) < 4.78 is 12.9. The summed E-state index contributed by atoms with van der Waals surface area (Å²) >= 11 is 0. The number of hydrogen-bond acceptors (Lipinski definition) is 2. The first-order valence-corrected chi connectivity index (χ1v) is 8.57. The maximum absolute atomic E-state index is 12.9. The molecular weight excluding hydrogens is 307 g/mol. The summed E-state index contributed by atoms with van der Waals surface area (Å²) in [5.74, 6) is -0.275. The Bertz CT molecular complexity index is 656. The highest BCUT2D eigenvalue weighted by molar-refractivity contribution is 5.96. The van der Waals surface area contributed by atoms with Crippen molar-refractivity contribution < 1.29 is 14.0 Å². The summed E-state index contributed by atoms with van der Waals surface area (Å²) in [5, 5.41) is 5.70. The van der Waals surface area contributed by atoms with E-state index in [4.69, 9.17) is 0 Å². The summed E-state index contributed by atoms with van der Waals surface area (Å²) in [5.41, 5.74) is 0.702. The molecule has 0 saturated heterocycles. The van der Waals surface area contributed by atoms with Crippen LogP contribution in [0.3, 0.4) is 0 Å². The Labute approximate surface area is 142 Å². The molecule has 0 spiro atoms. The molecule has 2 fully saturated rings. The number of fused-ring (bicyclic) bond motifs is 2. The van der Waals surface area contributed by atoms with Crippen LogP contribution < -0.4 is 10.6 Å². The molecule has 130 valence electrons. The maximum Gasteiger partial charge on any atom is 0.251 e. The zero-order valence-corrected chi connectivity index (χ0v) is 14.5. The van der Waals surface area contributed by atoms with Crippen molar-refractivity contribution >= 4 is 11.8 Å². The lowest BCUT2D eigenvalue weighted by Crippen LogP contribution is -2.49. The summed E-state index contributed by atoms with van der Waals surface area (Å²) in [6.07, 6.45) is 3.38. The molecule has 24 heavy (non-hydrogen) atoms. The van der Waals surface area contributed by atoms with E-state index >= 15 is 0 Å². The first-order chi connectivity index (χ1) is 11.2. The number of nitrogens with one attached hydrogen (secondary N) is 2. The monoisotopic (exact) mass is 332 g/mol. The Morgan fingerprint density at radius 1 is 1.21 bits per heavy atom. The zero-order valence-electron chi connectivity index (χ0n) is 14.5. The lowest BCUT2D eigenvalue weighted by molar-refractivity contribution is -0.121. The fourth-order valence-corrected chi connectivity index (χ4v) is 4.53. The second-order valence-corrected chi connectivity index (χ2v) is 7.92. The molecule has 2 N–H and O–H groups in total. The SMILES string of the molecule is CC1(C)C2CCC1(C)C(NC(=O)CNC(=O)c1ccc(F)cc1)C2. The molecule has 0 heterocycles. The highest BCUT2D eigenvalue weighted by atomic mass is 19.1. The van der Waals surface area contributed by atoms with Crippen LogP contribution in [-0.4, -0.2) is 24.4 Å². The fourth-order valence-electron chi connectivity index (χ4n) is 4.53. The van der Waals surface area contributed by atoms with Crippen LogP contribution in [0.5, 0.6) is 0 Å². The molecule has 2 aliphatic rings. The molecule has 0 radical (unpaired) electrons. The van der Waals surface area contributed by atoms with Gasteiger partial charge in [0.25, 0.3) is 5.91 Å². The Balaban J connectivity index is 1.54. The van der Waals surface area contributed by atoms with E-state index in [1.165, 1.54) is 30.7 Å². The molecule has 0 aromatic heterocycles.